The van der Waals surface area contributed by atoms with Gasteiger partial charge in [-0.2, -0.15) is 0 Å². The van der Waals surface area contributed by atoms with Crippen LogP contribution in [-0.4, -0.2) is 48.0 Å². The molecule has 1 aromatic heterocycles. The van der Waals surface area contributed by atoms with Crippen molar-refractivity contribution in [3.63, 3.8) is 0 Å². The van der Waals surface area contributed by atoms with Crippen LogP contribution in [0.3, 0.4) is 0 Å². The molecular weight excluding hydrogens is 522 g/mol. The molecule has 38 heavy (non-hydrogen) atoms. The Labute approximate surface area is 227 Å². The van der Waals surface area contributed by atoms with Crippen molar-refractivity contribution in [2.75, 3.05) is 17.8 Å². The van der Waals surface area contributed by atoms with E-state index in [0.717, 1.165) is 16.5 Å². The molecule has 1 aliphatic rings. The number of hydrogen-bond donors (Lipinski definition) is 2. The molecular formula is C29H28ClN3O4S. The van der Waals surface area contributed by atoms with Crippen LogP contribution in [0.2, 0.25) is 5.02 Å². The van der Waals surface area contributed by atoms with Crippen LogP contribution in [-0.2, 0) is 16.4 Å². The molecule has 3 aromatic carbocycles. The average Bonchev–Trinajstić information content (AvgIpc) is 2.88. The van der Waals surface area contributed by atoms with E-state index in [0.29, 0.717) is 54.1 Å². The summed E-state index contributed by atoms with van der Waals surface area (Å²) in [6.07, 6.45) is 2.96. The van der Waals surface area contributed by atoms with Gasteiger partial charge in [-0.05, 0) is 79.4 Å². The summed E-state index contributed by atoms with van der Waals surface area (Å²) in [5.41, 5.74) is 2.32. The second kappa shape index (κ2) is 10.4. The van der Waals surface area contributed by atoms with Crippen LogP contribution < -0.4 is 4.72 Å². The second-order valence-electron chi connectivity index (χ2n) is 9.84. The summed E-state index contributed by atoms with van der Waals surface area (Å²) < 4.78 is 28.7. The molecule has 9 heteroatoms. The van der Waals surface area contributed by atoms with Crippen LogP contribution in [0.5, 0.6) is 0 Å². The van der Waals surface area contributed by atoms with Crippen molar-refractivity contribution in [1.82, 2.24) is 9.88 Å². The van der Waals surface area contributed by atoms with Gasteiger partial charge in [-0.3, -0.25) is 14.5 Å². The molecule has 5 rings (SSSR count). The number of pyridine rings is 1. The van der Waals surface area contributed by atoms with E-state index < -0.39 is 15.6 Å². The lowest BCUT2D eigenvalue weighted by molar-refractivity contribution is -0.0162. The van der Waals surface area contributed by atoms with Gasteiger partial charge in [-0.1, -0.05) is 35.9 Å². The van der Waals surface area contributed by atoms with Crippen LogP contribution in [0.15, 0.2) is 83.9 Å². The minimum Gasteiger partial charge on any atom is -0.389 e. The Kier molecular flexibility index (Phi) is 7.13. The van der Waals surface area contributed by atoms with Crippen molar-refractivity contribution in [1.29, 1.82) is 0 Å². The zero-order valence-corrected chi connectivity index (χ0v) is 22.5. The molecule has 1 fully saturated rings. The molecule has 1 aliphatic heterocycles. The number of sulfonamides is 1. The van der Waals surface area contributed by atoms with Gasteiger partial charge in [0.15, 0.2) is 0 Å². The normalized spacial score (nSPS) is 15.4. The topological polar surface area (TPSA) is 99.6 Å². The fourth-order valence-electron chi connectivity index (χ4n) is 4.96. The number of aliphatic hydroxyl groups is 1. The van der Waals surface area contributed by atoms with E-state index in [-0.39, 0.29) is 10.8 Å². The Morgan fingerprint density at radius 1 is 1.05 bits per heavy atom. The van der Waals surface area contributed by atoms with Gasteiger partial charge in [0.2, 0.25) is 0 Å². The standard InChI is InChI=1S/C29H28ClN3O4S/c1-20-16-21(18-24(30)17-20)19-29(35)11-14-33(15-12-29)28(34)23-7-9-25(10-8-23)32-38(36,37)26-6-2-4-22-5-3-13-31-27(22)26/h2-10,13,16-18,32,35H,11-12,14-15,19H2,1H3. The van der Waals surface area contributed by atoms with Crippen molar-refractivity contribution >= 4 is 44.1 Å². The molecule has 0 radical (unpaired) electrons. The number of anilines is 1. The monoisotopic (exact) mass is 549 g/mol. The Morgan fingerprint density at radius 2 is 1.76 bits per heavy atom. The molecule has 0 unspecified atom stereocenters. The summed E-state index contributed by atoms with van der Waals surface area (Å²) in [5, 5.41) is 12.5. The minimum absolute atomic E-state index is 0.0875. The fraction of sp³-hybridized carbons (Fsp3) is 0.241. The molecule has 0 aliphatic carbocycles. The first-order chi connectivity index (χ1) is 18.1. The number of piperidine rings is 1. The summed E-state index contributed by atoms with van der Waals surface area (Å²) in [7, 11) is -3.88. The van der Waals surface area contributed by atoms with Gasteiger partial charge in [0, 0.05) is 47.4 Å². The van der Waals surface area contributed by atoms with Crippen molar-refractivity contribution in [3.05, 3.63) is 101 Å². The summed E-state index contributed by atoms with van der Waals surface area (Å²) in [6.45, 7) is 2.83. The summed E-state index contributed by atoms with van der Waals surface area (Å²) >= 11 is 6.17. The SMILES string of the molecule is Cc1cc(Cl)cc(CC2(O)CCN(C(=O)c3ccc(NS(=O)(=O)c4cccc5cccnc45)cc3)CC2)c1. The molecule has 7 nitrogen and oxygen atoms in total. The molecule has 0 atom stereocenters. The highest BCUT2D eigenvalue weighted by Crippen LogP contribution is 2.29. The number of fused-ring (bicyclic) bond motifs is 1. The van der Waals surface area contributed by atoms with Gasteiger partial charge in [-0.25, -0.2) is 8.42 Å². The van der Waals surface area contributed by atoms with E-state index in [2.05, 4.69) is 9.71 Å². The van der Waals surface area contributed by atoms with Crippen LogP contribution >= 0.6 is 11.6 Å². The zero-order chi connectivity index (χ0) is 26.9. The zero-order valence-electron chi connectivity index (χ0n) is 20.9. The number of amides is 1. The molecule has 196 valence electrons. The third-order valence-corrected chi connectivity index (χ3v) is 8.52. The highest BCUT2D eigenvalue weighted by molar-refractivity contribution is 7.93. The lowest BCUT2D eigenvalue weighted by Gasteiger charge is -2.38. The van der Waals surface area contributed by atoms with Crippen molar-refractivity contribution in [2.24, 2.45) is 0 Å². The van der Waals surface area contributed by atoms with E-state index in [1.165, 1.54) is 6.07 Å². The lowest BCUT2D eigenvalue weighted by Crippen LogP contribution is -2.47. The highest BCUT2D eigenvalue weighted by Gasteiger charge is 2.34. The smallest absolute Gasteiger partial charge is 0.264 e. The number of rotatable bonds is 6. The van der Waals surface area contributed by atoms with Crippen LogP contribution in [0.25, 0.3) is 10.9 Å². The van der Waals surface area contributed by atoms with Gasteiger partial charge in [0.25, 0.3) is 15.9 Å². The van der Waals surface area contributed by atoms with Crippen LogP contribution in [0, 0.1) is 6.92 Å². The molecule has 1 amide bonds. The average molecular weight is 550 g/mol. The van der Waals surface area contributed by atoms with E-state index in [4.69, 9.17) is 11.6 Å². The third-order valence-electron chi connectivity index (χ3n) is 6.89. The Hall–Kier alpha value is -3.46. The maximum Gasteiger partial charge on any atom is 0.264 e. The highest BCUT2D eigenvalue weighted by atomic mass is 35.5. The maximum atomic E-state index is 13.1. The third kappa shape index (κ3) is 5.67. The number of benzene rings is 3. The number of likely N-dealkylation sites (tertiary alicyclic amines) is 1. The first-order valence-electron chi connectivity index (χ1n) is 12.4. The number of carbonyl (C=O) groups excluding carboxylic acids is 1. The van der Waals surface area contributed by atoms with Crippen LogP contribution in [0.1, 0.15) is 34.3 Å². The number of halogens is 1. The van der Waals surface area contributed by atoms with Gasteiger partial charge < -0.3 is 10.0 Å². The summed E-state index contributed by atoms with van der Waals surface area (Å²) in [6, 6.07) is 20.7. The van der Waals surface area contributed by atoms with Crippen molar-refractivity contribution in [3.8, 4) is 0 Å². The second-order valence-corrected chi connectivity index (χ2v) is 11.9. The molecule has 4 aromatic rings. The van der Waals surface area contributed by atoms with E-state index in [1.54, 1.807) is 59.6 Å². The van der Waals surface area contributed by atoms with Crippen molar-refractivity contribution < 1.29 is 18.3 Å². The number of nitrogens with one attached hydrogen (secondary N) is 1. The Bertz CT molecular complexity index is 1570. The Morgan fingerprint density at radius 3 is 2.47 bits per heavy atom. The maximum absolute atomic E-state index is 13.1. The predicted molar refractivity (Wildman–Crippen MR) is 149 cm³/mol. The Balaban J connectivity index is 1.23. The van der Waals surface area contributed by atoms with Gasteiger partial charge >= 0.3 is 0 Å². The van der Waals surface area contributed by atoms with Crippen molar-refractivity contribution in [2.45, 2.75) is 36.7 Å². The number of nitrogens with zero attached hydrogens (tertiary/aromatic N) is 2. The molecule has 0 bridgehead atoms. The van der Waals surface area contributed by atoms with Gasteiger partial charge in [-0.15, -0.1) is 0 Å². The van der Waals surface area contributed by atoms with E-state index >= 15 is 0 Å². The summed E-state index contributed by atoms with van der Waals surface area (Å²) in [5.74, 6) is -0.154. The van der Waals surface area contributed by atoms with E-state index in [1.807, 2.05) is 25.1 Å². The number of aromatic nitrogens is 1. The summed E-state index contributed by atoms with van der Waals surface area (Å²) in [4.78, 5) is 19.1. The molecule has 0 spiro atoms. The predicted octanol–water partition coefficient (Wildman–Crippen LogP) is 5.21. The fourth-order valence-corrected chi connectivity index (χ4v) is 6.51. The molecule has 1 saturated heterocycles. The number of carbonyl (C=O) groups is 1. The van der Waals surface area contributed by atoms with Gasteiger partial charge in [0.1, 0.15) is 4.90 Å². The van der Waals surface area contributed by atoms with Gasteiger partial charge in [0.05, 0.1) is 11.1 Å². The molecule has 0 saturated carbocycles. The first kappa shape index (κ1) is 26.2. The quantitative estimate of drug-likeness (QED) is 0.344. The minimum atomic E-state index is -3.88. The number of para-hydroxylation sites is 1. The lowest BCUT2D eigenvalue weighted by atomic mass is 9.85. The molecule has 2 heterocycles. The largest absolute Gasteiger partial charge is 0.389 e. The van der Waals surface area contributed by atoms with Crippen LogP contribution in [0.4, 0.5) is 5.69 Å². The number of hydrogen-bond acceptors (Lipinski definition) is 5. The first-order valence-corrected chi connectivity index (χ1v) is 14.2. The van der Waals surface area contributed by atoms with E-state index in [9.17, 15) is 18.3 Å². The molecule has 2 N–H and O–H groups in total. The number of aryl methyl sites for hydroxylation is 1.